The van der Waals surface area contributed by atoms with Crippen molar-refractivity contribution in [1.29, 1.82) is 0 Å². The second-order valence-electron chi connectivity index (χ2n) is 2.52. The molecule has 0 unspecified atom stereocenters. The molecule has 5 nitrogen and oxygen atoms in total. The molecule has 1 rings (SSSR count). The fourth-order valence-corrected chi connectivity index (χ4v) is 0.946. The van der Waals surface area contributed by atoms with Crippen LogP contribution in [0.5, 0.6) is 0 Å². The van der Waals surface area contributed by atoms with Crippen LogP contribution in [-0.2, 0) is 0 Å². The summed E-state index contributed by atoms with van der Waals surface area (Å²) in [6.07, 6.45) is 0. The van der Waals surface area contributed by atoms with E-state index in [4.69, 9.17) is 5.73 Å². The number of nitrogens with one attached hydrogen (secondary N) is 1. The molecule has 0 saturated heterocycles. The molecular formula is C8H13Cl2N3O2. The lowest BCUT2D eigenvalue weighted by molar-refractivity contribution is -0.384. The van der Waals surface area contributed by atoms with Crippen LogP contribution in [0.25, 0.3) is 0 Å². The van der Waals surface area contributed by atoms with Crippen LogP contribution < -0.4 is 11.1 Å². The second kappa shape index (κ2) is 8.28. The molecule has 86 valence electrons. The first kappa shape index (κ1) is 16.4. The van der Waals surface area contributed by atoms with Crippen LogP contribution >= 0.6 is 24.8 Å². The average molecular weight is 254 g/mol. The number of hydrogen-bond acceptors (Lipinski definition) is 4. The molecule has 0 spiro atoms. The van der Waals surface area contributed by atoms with Gasteiger partial charge in [0, 0.05) is 30.9 Å². The molecule has 0 amide bonds. The summed E-state index contributed by atoms with van der Waals surface area (Å²) in [6.45, 7) is 1.11. The highest BCUT2D eigenvalue weighted by molar-refractivity contribution is 5.85. The minimum Gasteiger partial charge on any atom is -0.384 e. The number of nitrogens with zero attached hydrogens (tertiary/aromatic N) is 1. The van der Waals surface area contributed by atoms with Gasteiger partial charge in [-0.1, -0.05) is 6.07 Å². The van der Waals surface area contributed by atoms with Crippen LogP contribution in [0.1, 0.15) is 0 Å². The lowest BCUT2D eigenvalue weighted by Crippen LogP contribution is -2.12. The Kier molecular flexibility index (Phi) is 9.05. The van der Waals surface area contributed by atoms with Gasteiger partial charge in [-0.3, -0.25) is 10.1 Å². The Morgan fingerprint density at radius 3 is 2.60 bits per heavy atom. The average Bonchev–Trinajstić information content (AvgIpc) is 2.15. The molecule has 0 bridgehead atoms. The summed E-state index contributed by atoms with van der Waals surface area (Å²) < 4.78 is 0. The number of anilines is 1. The van der Waals surface area contributed by atoms with E-state index in [1.807, 2.05) is 0 Å². The molecule has 0 aliphatic heterocycles. The zero-order valence-electron chi connectivity index (χ0n) is 7.88. The third-order valence-electron chi connectivity index (χ3n) is 1.53. The Hall–Kier alpha value is -1.04. The molecule has 0 aliphatic rings. The normalized spacial score (nSPS) is 8.33. The minimum absolute atomic E-state index is 0. The molecule has 0 aliphatic carbocycles. The molecule has 7 heteroatoms. The molecule has 0 atom stereocenters. The lowest BCUT2D eigenvalue weighted by Gasteiger charge is -2.02. The van der Waals surface area contributed by atoms with Crippen molar-refractivity contribution in [2.24, 2.45) is 5.73 Å². The first-order valence-corrected chi connectivity index (χ1v) is 3.92. The van der Waals surface area contributed by atoms with Crippen molar-refractivity contribution >= 4 is 36.2 Å². The maximum absolute atomic E-state index is 10.4. The number of nitro benzene ring substituents is 1. The van der Waals surface area contributed by atoms with Gasteiger partial charge in [0.05, 0.1) is 4.92 Å². The maximum Gasteiger partial charge on any atom is 0.271 e. The van der Waals surface area contributed by atoms with Crippen molar-refractivity contribution in [3.63, 3.8) is 0 Å². The highest BCUT2D eigenvalue weighted by atomic mass is 35.5. The summed E-state index contributed by atoms with van der Waals surface area (Å²) in [5, 5.41) is 13.3. The Labute approximate surface area is 100 Å². The molecule has 3 N–H and O–H groups in total. The Bertz CT molecular complexity index is 310. The van der Waals surface area contributed by atoms with E-state index in [-0.39, 0.29) is 30.5 Å². The van der Waals surface area contributed by atoms with E-state index in [0.717, 1.165) is 5.69 Å². The van der Waals surface area contributed by atoms with Gasteiger partial charge in [-0.05, 0) is 6.07 Å². The van der Waals surface area contributed by atoms with E-state index in [1.165, 1.54) is 12.1 Å². The number of hydrogen-bond donors (Lipinski definition) is 2. The summed E-state index contributed by atoms with van der Waals surface area (Å²) >= 11 is 0. The largest absolute Gasteiger partial charge is 0.384 e. The Morgan fingerprint density at radius 2 is 2.07 bits per heavy atom. The molecular weight excluding hydrogens is 241 g/mol. The minimum atomic E-state index is -0.423. The molecule has 1 aromatic rings. The summed E-state index contributed by atoms with van der Waals surface area (Å²) in [7, 11) is 0. The number of nitro groups is 1. The maximum atomic E-state index is 10.4. The number of nitrogens with two attached hydrogens (primary N) is 1. The third kappa shape index (κ3) is 5.41. The van der Waals surface area contributed by atoms with Crippen molar-refractivity contribution in [2.75, 3.05) is 18.4 Å². The Morgan fingerprint density at radius 1 is 1.40 bits per heavy atom. The summed E-state index contributed by atoms with van der Waals surface area (Å²) in [5.74, 6) is 0. The van der Waals surface area contributed by atoms with Crippen LogP contribution in [0.2, 0.25) is 0 Å². The second-order valence-corrected chi connectivity index (χ2v) is 2.52. The topological polar surface area (TPSA) is 81.2 Å². The Balaban J connectivity index is 0. The molecule has 0 radical (unpaired) electrons. The smallest absolute Gasteiger partial charge is 0.271 e. The highest BCUT2D eigenvalue weighted by Gasteiger charge is 2.04. The molecule has 0 heterocycles. The van der Waals surface area contributed by atoms with E-state index in [1.54, 1.807) is 12.1 Å². The van der Waals surface area contributed by atoms with E-state index in [9.17, 15) is 10.1 Å². The summed E-state index contributed by atoms with van der Waals surface area (Å²) in [4.78, 5) is 9.96. The molecule has 0 fully saturated rings. The number of halogens is 2. The van der Waals surface area contributed by atoms with Gasteiger partial charge in [0.1, 0.15) is 0 Å². The van der Waals surface area contributed by atoms with E-state index in [2.05, 4.69) is 5.32 Å². The van der Waals surface area contributed by atoms with Gasteiger partial charge in [0.15, 0.2) is 0 Å². The molecule has 15 heavy (non-hydrogen) atoms. The van der Waals surface area contributed by atoms with Crippen molar-refractivity contribution < 1.29 is 4.92 Å². The number of benzene rings is 1. The SMILES string of the molecule is Cl.Cl.NCCNc1cccc([N+](=O)[O-])c1. The highest BCUT2D eigenvalue weighted by Crippen LogP contribution is 2.16. The van der Waals surface area contributed by atoms with Crippen LogP contribution in [-0.4, -0.2) is 18.0 Å². The van der Waals surface area contributed by atoms with Crippen molar-refractivity contribution in [3.8, 4) is 0 Å². The first-order valence-electron chi connectivity index (χ1n) is 3.92. The fraction of sp³-hybridized carbons (Fsp3) is 0.250. The van der Waals surface area contributed by atoms with Gasteiger partial charge in [0.25, 0.3) is 5.69 Å². The van der Waals surface area contributed by atoms with E-state index in [0.29, 0.717) is 13.1 Å². The number of rotatable bonds is 4. The van der Waals surface area contributed by atoms with Gasteiger partial charge in [0.2, 0.25) is 0 Å². The first-order chi connectivity index (χ1) is 6.24. The van der Waals surface area contributed by atoms with Crippen molar-refractivity contribution in [3.05, 3.63) is 34.4 Å². The van der Waals surface area contributed by atoms with E-state index < -0.39 is 4.92 Å². The lowest BCUT2D eigenvalue weighted by atomic mass is 10.3. The van der Waals surface area contributed by atoms with Crippen LogP contribution in [0, 0.1) is 10.1 Å². The van der Waals surface area contributed by atoms with Gasteiger partial charge in [-0.15, -0.1) is 24.8 Å². The predicted octanol–water partition coefficient (Wildman–Crippen LogP) is 1.81. The fourth-order valence-electron chi connectivity index (χ4n) is 0.946. The monoisotopic (exact) mass is 253 g/mol. The molecule has 0 aromatic heterocycles. The van der Waals surface area contributed by atoms with Gasteiger partial charge in [-0.2, -0.15) is 0 Å². The predicted molar refractivity (Wildman–Crippen MR) is 65.1 cm³/mol. The van der Waals surface area contributed by atoms with Crippen LogP contribution in [0.15, 0.2) is 24.3 Å². The van der Waals surface area contributed by atoms with Crippen LogP contribution in [0.4, 0.5) is 11.4 Å². The molecule has 1 aromatic carbocycles. The zero-order chi connectivity index (χ0) is 9.68. The van der Waals surface area contributed by atoms with Crippen molar-refractivity contribution in [2.45, 2.75) is 0 Å². The molecule has 0 saturated carbocycles. The number of non-ortho nitro benzene ring substituents is 1. The van der Waals surface area contributed by atoms with E-state index >= 15 is 0 Å². The zero-order valence-corrected chi connectivity index (χ0v) is 9.51. The third-order valence-corrected chi connectivity index (χ3v) is 1.53. The van der Waals surface area contributed by atoms with Gasteiger partial charge >= 0.3 is 0 Å². The standard InChI is InChI=1S/C8H11N3O2.2ClH/c9-4-5-10-7-2-1-3-8(6-7)11(12)13;;/h1-3,6,10H,4-5,9H2;2*1H. The summed E-state index contributed by atoms with van der Waals surface area (Å²) in [6, 6.07) is 6.34. The van der Waals surface area contributed by atoms with Crippen molar-refractivity contribution in [1.82, 2.24) is 0 Å². The van der Waals surface area contributed by atoms with Crippen LogP contribution in [0.3, 0.4) is 0 Å². The van der Waals surface area contributed by atoms with Gasteiger partial charge in [-0.25, -0.2) is 0 Å². The van der Waals surface area contributed by atoms with Gasteiger partial charge < -0.3 is 11.1 Å². The summed E-state index contributed by atoms with van der Waals surface area (Å²) in [5.41, 5.74) is 6.08. The quantitative estimate of drug-likeness (QED) is 0.634.